The van der Waals surface area contributed by atoms with Gasteiger partial charge < -0.3 is 10.2 Å². The fraction of sp³-hybridized carbons (Fsp3) is 0.267. The van der Waals surface area contributed by atoms with Crippen molar-refractivity contribution in [3.63, 3.8) is 0 Å². The fourth-order valence-electron chi connectivity index (χ4n) is 2.56. The summed E-state index contributed by atoms with van der Waals surface area (Å²) in [6.07, 6.45) is -2.15. The molecule has 0 bridgehead atoms. The summed E-state index contributed by atoms with van der Waals surface area (Å²) in [6, 6.07) is 0.580. The van der Waals surface area contributed by atoms with Gasteiger partial charge in [-0.3, -0.25) is 9.78 Å². The number of pyridine rings is 1. The second-order valence-electron chi connectivity index (χ2n) is 5.37. The summed E-state index contributed by atoms with van der Waals surface area (Å²) in [6.45, 7) is 1.48. The van der Waals surface area contributed by atoms with Crippen LogP contribution in [0.2, 0.25) is 5.02 Å². The smallest absolute Gasteiger partial charge is 0.417 e. The van der Waals surface area contributed by atoms with E-state index in [0.29, 0.717) is 17.8 Å². The maximum Gasteiger partial charge on any atom is 0.417 e. The maximum atomic E-state index is 12.7. The average Bonchev–Trinajstić information content (AvgIpc) is 2.45. The van der Waals surface area contributed by atoms with Crippen LogP contribution in [-0.2, 0) is 21.2 Å². The van der Waals surface area contributed by atoms with Gasteiger partial charge in [0, 0.05) is 18.2 Å². The van der Waals surface area contributed by atoms with Gasteiger partial charge in [0.1, 0.15) is 5.41 Å². The van der Waals surface area contributed by atoms with Crippen molar-refractivity contribution in [3.05, 3.63) is 51.8 Å². The lowest BCUT2D eigenvalue weighted by molar-refractivity contribution is -0.142. The number of aliphatic carboxylic acids is 2. The third-order valence-electron chi connectivity index (χ3n) is 3.59. The van der Waals surface area contributed by atoms with Gasteiger partial charge in [0.05, 0.1) is 16.3 Å². The van der Waals surface area contributed by atoms with Crippen LogP contribution >= 0.6 is 11.6 Å². The Morgan fingerprint density at radius 1 is 1.33 bits per heavy atom. The van der Waals surface area contributed by atoms with E-state index < -0.39 is 40.5 Å². The zero-order chi connectivity index (χ0) is 18.3. The van der Waals surface area contributed by atoms with Crippen LogP contribution < -0.4 is 0 Å². The van der Waals surface area contributed by atoms with E-state index in [4.69, 9.17) is 16.7 Å². The first kappa shape index (κ1) is 18.0. The SMILES string of the molecule is CC1=CC(C(=O)O)(c2ncc(C(F)(F)F)cc2Cl)CC(C(=O)O)=C1. The molecule has 9 heteroatoms. The Morgan fingerprint density at radius 2 is 1.96 bits per heavy atom. The summed E-state index contributed by atoms with van der Waals surface area (Å²) in [5.41, 5.74) is -3.28. The molecule has 24 heavy (non-hydrogen) atoms. The average molecular weight is 362 g/mol. The molecule has 1 heterocycles. The molecule has 0 radical (unpaired) electrons. The molecule has 1 unspecified atom stereocenters. The highest BCUT2D eigenvalue weighted by atomic mass is 35.5. The minimum atomic E-state index is -4.68. The number of carboxylic acid groups (broad SMARTS) is 2. The second kappa shape index (κ2) is 5.94. The van der Waals surface area contributed by atoms with Gasteiger partial charge in [0.25, 0.3) is 0 Å². The molecule has 1 atom stereocenters. The van der Waals surface area contributed by atoms with Crippen LogP contribution in [-0.4, -0.2) is 27.1 Å². The third kappa shape index (κ3) is 3.14. The van der Waals surface area contributed by atoms with Crippen molar-refractivity contribution in [1.82, 2.24) is 4.98 Å². The zero-order valence-corrected chi connectivity index (χ0v) is 12.9. The molecular formula is C15H11ClF3NO4. The number of carboxylic acids is 2. The van der Waals surface area contributed by atoms with E-state index in [1.54, 1.807) is 0 Å². The first-order valence-corrected chi connectivity index (χ1v) is 6.95. The molecule has 0 saturated carbocycles. The number of aromatic nitrogens is 1. The maximum absolute atomic E-state index is 12.7. The van der Waals surface area contributed by atoms with E-state index in [1.165, 1.54) is 19.1 Å². The van der Waals surface area contributed by atoms with Crippen molar-refractivity contribution in [2.24, 2.45) is 0 Å². The third-order valence-corrected chi connectivity index (χ3v) is 3.88. The molecule has 1 aliphatic carbocycles. The Hall–Kier alpha value is -2.35. The number of nitrogens with zero attached hydrogens (tertiary/aromatic N) is 1. The highest BCUT2D eigenvalue weighted by Gasteiger charge is 2.45. The summed E-state index contributed by atoms with van der Waals surface area (Å²) in [4.78, 5) is 26.7. The molecule has 2 N–H and O–H groups in total. The lowest BCUT2D eigenvalue weighted by Crippen LogP contribution is -2.38. The van der Waals surface area contributed by atoms with E-state index in [1.807, 2.05) is 0 Å². The van der Waals surface area contributed by atoms with Crippen molar-refractivity contribution >= 4 is 23.5 Å². The molecule has 0 amide bonds. The quantitative estimate of drug-likeness (QED) is 0.861. The highest BCUT2D eigenvalue weighted by molar-refractivity contribution is 6.31. The van der Waals surface area contributed by atoms with Gasteiger partial charge in [-0.15, -0.1) is 0 Å². The normalized spacial score (nSPS) is 21.0. The van der Waals surface area contributed by atoms with Crippen LogP contribution in [0.1, 0.15) is 24.6 Å². The number of rotatable bonds is 3. The standard InChI is InChI=1S/C15H11ClF3NO4/c1-7-2-8(12(21)22)5-14(4-7,13(23)24)11-10(16)3-9(6-20-11)15(17,18)19/h2-4,6H,5H2,1H3,(H,21,22)(H,23,24). The van der Waals surface area contributed by atoms with Crippen LogP contribution in [0.15, 0.2) is 35.6 Å². The molecule has 128 valence electrons. The number of alkyl halides is 3. The number of allylic oxidation sites excluding steroid dienone is 2. The lowest BCUT2D eigenvalue weighted by atomic mass is 9.73. The first-order chi connectivity index (χ1) is 11.0. The molecule has 0 aromatic carbocycles. The van der Waals surface area contributed by atoms with Crippen molar-refractivity contribution < 1.29 is 33.0 Å². The van der Waals surface area contributed by atoms with Gasteiger partial charge in [-0.05, 0) is 19.1 Å². The molecule has 0 aliphatic heterocycles. The van der Waals surface area contributed by atoms with Gasteiger partial charge in [-0.25, -0.2) is 4.79 Å². The molecule has 1 aliphatic rings. The Kier molecular flexibility index (Phi) is 4.45. The van der Waals surface area contributed by atoms with Crippen molar-refractivity contribution in [2.45, 2.75) is 24.9 Å². The number of halogens is 4. The number of carbonyl (C=O) groups is 2. The molecule has 1 aromatic rings. The van der Waals surface area contributed by atoms with Crippen LogP contribution in [0.5, 0.6) is 0 Å². The van der Waals surface area contributed by atoms with Gasteiger partial charge >= 0.3 is 18.1 Å². The minimum absolute atomic E-state index is 0.199. The van der Waals surface area contributed by atoms with Crippen LogP contribution in [0.25, 0.3) is 0 Å². The van der Waals surface area contributed by atoms with Crippen molar-refractivity contribution in [2.75, 3.05) is 0 Å². The van der Waals surface area contributed by atoms with Gasteiger partial charge in [-0.1, -0.05) is 23.3 Å². The molecule has 0 fully saturated rings. The fourth-order valence-corrected chi connectivity index (χ4v) is 2.89. The van der Waals surface area contributed by atoms with E-state index in [9.17, 15) is 27.9 Å². The minimum Gasteiger partial charge on any atom is -0.480 e. The Morgan fingerprint density at radius 3 is 2.42 bits per heavy atom. The van der Waals surface area contributed by atoms with Gasteiger partial charge in [0.15, 0.2) is 0 Å². The van der Waals surface area contributed by atoms with Crippen LogP contribution in [0.4, 0.5) is 13.2 Å². The van der Waals surface area contributed by atoms with E-state index in [2.05, 4.69) is 4.98 Å². The summed E-state index contributed by atoms with van der Waals surface area (Å²) in [7, 11) is 0. The predicted molar refractivity (Wildman–Crippen MR) is 77.7 cm³/mol. The largest absolute Gasteiger partial charge is 0.480 e. The number of hydrogen-bond acceptors (Lipinski definition) is 3. The van der Waals surface area contributed by atoms with E-state index >= 15 is 0 Å². The summed E-state index contributed by atoms with van der Waals surface area (Å²) in [5, 5.41) is 18.3. The Balaban J connectivity index is 2.64. The van der Waals surface area contributed by atoms with Gasteiger partial charge in [-0.2, -0.15) is 13.2 Å². The monoisotopic (exact) mass is 361 g/mol. The zero-order valence-electron chi connectivity index (χ0n) is 12.2. The number of hydrogen-bond donors (Lipinski definition) is 2. The summed E-state index contributed by atoms with van der Waals surface area (Å²) >= 11 is 5.86. The second-order valence-corrected chi connectivity index (χ2v) is 5.78. The van der Waals surface area contributed by atoms with E-state index in [-0.39, 0.29) is 11.3 Å². The van der Waals surface area contributed by atoms with Crippen LogP contribution in [0.3, 0.4) is 0 Å². The summed E-state index contributed by atoms with van der Waals surface area (Å²) < 4.78 is 38.1. The molecule has 2 rings (SSSR count). The molecule has 5 nitrogen and oxygen atoms in total. The highest BCUT2D eigenvalue weighted by Crippen LogP contribution is 2.41. The van der Waals surface area contributed by atoms with E-state index in [0.717, 1.165) is 0 Å². The lowest BCUT2D eigenvalue weighted by Gasteiger charge is -2.30. The molecule has 1 aromatic heterocycles. The van der Waals surface area contributed by atoms with Crippen LogP contribution in [0, 0.1) is 0 Å². The molecular weight excluding hydrogens is 351 g/mol. The van der Waals surface area contributed by atoms with Crippen molar-refractivity contribution in [1.29, 1.82) is 0 Å². The Labute approximate surface area is 139 Å². The topological polar surface area (TPSA) is 87.5 Å². The summed E-state index contributed by atoms with van der Waals surface area (Å²) in [5.74, 6) is -2.78. The van der Waals surface area contributed by atoms with Gasteiger partial charge in [0.2, 0.25) is 0 Å². The molecule has 0 saturated heterocycles. The first-order valence-electron chi connectivity index (χ1n) is 6.57. The predicted octanol–water partition coefficient (Wildman–Crippen LogP) is 3.44. The molecule has 0 spiro atoms. The Bertz CT molecular complexity index is 785. The van der Waals surface area contributed by atoms with Crippen molar-refractivity contribution in [3.8, 4) is 0 Å².